The molecule has 0 aliphatic rings. The van der Waals surface area contributed by atoms with E-state index in [1.807, 2.05) is 35.0 Å². The molecule has 2 heterocycles. The molecule has 5 nitrogen and oxygen atoms in total. The van der Waals surface area contributed by atoms with Crippen LogP contribution in [0.4, 0.5) is 0 Å². The van der Waals surface area contributed by atoms with Gasteiger partial charge in [-0.2, -0.15) is 0 Å². The molecule has 0 unspecified atom stereocenters. The van der Waals surface area contributed by atoms with Crippen LogP contribution < -0.4 is 0 Å². The summed E-state index contributed by atoms with van der Waals surface area (Å²) in [4.78, 5) is 4.01. The Labute approximate surface area is 110 Å². The van der Waals surface area contributed by atoms with Gasteiger partial charge in [0.05, 0.1) is 11.9 Å². The van der Waals surface area contributed by atoms with E-state index in [1.165, 1.54) is 5.56 Å². The monoisotopic (exact) mass is 255 g/mol. The highest BCUT2D eigenvalue weighted by atomic mass is 16.5. The van der Waals surface area contributed by atoms with E-state index >= 15 is 0 Å². The van der Waals surface area contributed by atoms with E-state index in [2.05, 4.69) is 10.1 Å². The maximum atomic E-state index is 9.41. The van der Waals surface area contributed by atoms with Gasteiger partial charge in [-0.25, -0.2) is 4.98 Å². The third-order valence-corrected chi connectivity index (χ3v) is 3.04. The van der Waals surface area contributed by atoms with E-state index < -0.39 is 0 Å². The topological polar surface area (TPSA) is 64.1 Å². The molecular formula is C14H13N3O2. The van der Waals surface area contributed by atoms with E-state index in [0.29, 0.717) is 11.3 Å². The zero-order valence-electron chi connectivity index (χ0n) is 10.4. The zero-order valence-corrected chi connectivity index (χ0v) is 10.4. The number of rotatable bonds is 3. The fourth-order valence-corrected chi connectivity index (χ4v) is 1.95. The quantitative estimate of drug-likeness (QED) is 0.781. The van der Waals surface area contributed by atoms with Gasteiger partial charge in [0.15, 0.2) is 5.76 Å². The SMILES string of the molecule is Cc1c(O)noc1-c1ccc(Cn2ccnc2)cc1. The second kappa shape index (κ2) is 4.61. The van der Waals surface area contributed by atoms with E-state index in [9.17, 15) is 5.11 Å². The summed E-state index contributed by atoms with van der Waals surface area (Å²) >= 11 is 0. The highest BCUT2D eigenvalue weighted by Crippen LogP contribution is 2.28. The molecule has 1 N–H and O–H groups in total. The predicted molar refractivity (Wildman–Crippen MR) is 69.7 cm³/mol. The molecule has 0 fully saturated rings. The first kappa shape index (κ1) is 11.5. The Bertz CT molecular complexity index is 669. The van der Waals surface area contributed by atoms with Crippen LogP contribution in [0, 0.1) is 6.92 Å². The number of imidazole rings is 1. The summed E-state index contributed by atoms with van der Waals surface area (Å²) in [5.74, 6) is 0.546. The van der Waals surface area contributed by atoms with Gasteiger partial charge in [-0.3, -0.25) is 0 Å². The standard InChI is InChI=1S/C14H13N3O2/c1-10-13(19-16-14(10)18)12-4-2-11(3-5-12)8-17-7-6-15-9-17/h2-7,9H,8H2,1H3,(H,16,18). The van der Waals surface area contributed by atoms with Gasteiger partial charge >= 0.3 is 0 Å². The van der Waals surface area contributed by atoms with Crippen molar-refractivity contribution in [2.75, 3.05) is 0 Å². The first-order valence-corrected chi connectivity index (χ1v) is 5.94. The fourth-order valence-electron chi connectivity index (χ4n) is 1.95. The third kappa shape index (κ3) is 2.22. The summed E-state index contributed by atoms with van der Waals surface area (Å²) in [5.41, 5.74) is 2.73. The lowest BCUT2D eigenvalue weighted by molar-refractivity contribution is 0.365. The second-order valence-corrected chi connectivity index (χ2v) is 4.39. The van der Waals surface area contributed by atoms with Crippen molar-refractivity contribution in [1.29, 1.82) is 0 Å². The van der Waals surface area contributed by atoms with Crippen molar-refractivity contribution in [2.45, 2.75) is 13.5 Å². The minimum atomic E-state index is -0.0579. The van der Waals surface area contributed by atoms with Gasteiger partial charge in [-0.15, -0.1) is 0 Å². The Balaban J connectivity index is 1.85. The van der Waals surface area contributed by atoms with Crippen molar-refractivity contribution in [2.24, 2.45) is 0 Å². The van der Waals surface area contributed by atoms with Crippen LogP contribution in [-0.4, -0.2) is 19.8 Å². The molecular weight excluding hydrogens is 242 g/mol. The lowest BCUT2D eigenvalue weighted by Gasteiger charge is -2.03. The Morgan fingerprint density at radius 3 is 2.63 bits per heavy atom. The van der Waals surface area contributed by atoms with Crippen molar-refractivity contribution in [1.82, 2.24) is 14.7 Å². The van der Waals surface area contributed by atoms with Gasteiger partial charge in [-0.05, 0) is 17.6 Å². The molecule has 0 amide bonds. The predicted octanol–water partition coefficient (Wildman–Crippen LogP) is 2.60. The van der Waals surface area contributed by atoms with E-state index in [0.717, 1.165) is 12.1 Å². The smallest absolute Gasteiger partial charge is 0.255 e. The Kier molecular flexibility index (Phi) is 2.79. The van der Waals surface area contributed by atoms with Crippen molar-refractivity contribution >= 4 is 0 Å². The normalized spacial score (nSPS) is 10.8. The van der Waals surface area contributed by atoms with Gasteiger partial charge in [0.1, 0.15) is 0 Å². The van der Waals surface area contributed by atoms with Crippen molar-refractivity contribution in [3.63, 3.8) is 0 Å². The van der Waals surface area contributed by atoms with Crippen LogP contribution in [0.2, 0.25) is 0 Å². The molecule has 19 heavy (non-hydrogen) atoms. The van der Waals surface area contributed by atoms with E-state index in [1.54, 1.807) is 19.4 Å². The zero-order chi connectivity index (χ0) is 13.2. The molecule has 0 atom stereocenters. The molecule has 3 aromatic rings. The third-order valence-electron chi connectivity index (χ3n) is 3.04. The number of aromatic hydroxyl groups is 1. The maximum Gasteiger partial charge on any atom is 0.255 e. The highest BCUT2D eigenvalue weighted by molar-refractivity contribution is 5.62. The van der Waals surface area contributed by atoms with E-state index in [4.69, 9.17) is 4.52 Å². The maximum absolute atomic E-state index is 9.41. The average Bonchev–Trinajstić information content (AvgIpc) is 3.03. The number of nitrogens with zero attached hydrogens (tertiary/aromatic N) is 3. The number of hydrogen-bond acceptors (Lipinski definition) is 4. The van der Waals surface area contributed by atoms with Gasteiger partial charge in [0.2, 0.25) is 0 Å². The van der Waals surface area contributed by atoms with Crippen LogP contribution in [0.1, 0.15) is 11.1 Å². The number of hydrogen-bond donors (Lipinski definition) is 1. The summed E-state index contributed by atoms with van der Waals surface area (Å²) in [7, 11) is 0. The first-order valence-electron chi connectivity index (χ1n) is 5.94. The Morgan fingerprint density at radius 1 is 1.26 bits per heavy atom. The Morgan fingerprint density at radius 2 is 2.05 bits per heavy atom. The average molecular weight is 255 g/mol. The van der Waals surface area contributed by atoms with E-state index in [-0.39, 0.29) is 5.88 Å². The lowest BCUT2D eigenvalue weighted by atomic mass is 10.1. The van der Waals surface area contributed by atoms with Crippen LogP contribution >= 0.6 is 0 Å². The lowest BCUT2D eigenvalue weighted by Crippen LogP contribution is -1.95. The molecule has 0 spiro atoms. The molecule has 0 bridgehead atoms. The van der Waals surface area contributed by atoms with Crippen molar-refractivity contribution in [3.8, 4) is 17.2 Å². The molecule has 2 aromatic heterocycles. The van der Waals surface area contributed by atoms with Gasteiger partial charge in [-0.1, -0.05) is 24.3 Å². The molecule has 5 heteroatoms. The van der Waals surface area contributed by atoms with Gasteiger partial charge < -0.3 is 14.2 Å². The molecule has 96 valence electrons. The van der Waals surface area contributed by atoms with Crippen LogP contribution in [0.15, 0.2) is 47.5 Å². The summed E-state index contributed by atoms with van der Waals surface area (Å²) in [6, 6.07) is 7.96. The summed E-state index contributed by atoms with van der Waals surface area (Å²) in [5, 5.41) is 13.0. The highest BCUT2D eigenvalue weighted by Gasteiger charge is 2.12. The fraction of sp³-hybridized carbons (Fsp3) is 0.143. The van der Waals surface area contributed by atoms with Crippen molar-refractivity contribution in [3.05, 3.63) is 54.1 Å². The Hall–Kier alpha value is -2.56. The number of benzene rings is 1. The summed E-state index contributed by atoms with van der Waals surface area (Å²) in [6.07, 6.45) is 5.47. The minimum Gasteiger partial charge on any atom is -0.491 e. The molecule has 0 saturated heterocycles. The number of aromatic nitrogens is 3. The largest absolute Gasteiger partial charge is 0.491 e. The summed E-state index contributed by atoms with van der Waals surface area (Å²) < 4.78 is 7.11. The molecule has 0 radical (unpaired) electrons. The van der Waals surface area contributed by atoms with Crippen LogP contribution in [0.5, 0.6) is 5.88 Å². The van der Waals surface area contributed by atoms with Crippen molar-refractivity contribution < 1.29 is 9.63 Å². The molecule has 0 saturated carbocycles. The van der Waals surface area contributed by atoms with Gasteiger partial charge in [0.25, 0.3) is 5.88 Å². The van der Waals surface area contributed by atoms with Crippen LogP contribution in [-0.2, 0) is 6.54 Å². The van der Waals surface area contributed by atoms with Gasteiger partial charge in [0, 0.05) is 24.5 Å². The molecule has 0 aliphatic heterocycles. The van der Waals surface area contributed by atoms with Crippen LogP contribution in [0.25, 0.3) is 11.3 Å². The molecule has 1 aromatic carbocycles. The molecule has 0 aliphatic carbocycles. The molecule has 3 rings (SSSR count). The second-order valence-electron chi connectivity index (χ2n) is 4.39. The first-order chi connectivity index (χ1) is 9.24. The van der Waals surface area contributed by atoms with Crippen LogP contribution in [0.3, 0.4) is 0 Å². The minimum absolute atomic E-state index is 0.0579. The summed E-state index contributed by atoms with van der Waals surface area (Å²) in [6.45, 7) is 2.56.